The molecular formula is C15H17NO. The molecular weight excluding hydrogens is 210 g/mol. The zero-order valence-corrected chi connectivity index (χ0v) is 9.86. The van der Waals surface area contributed by atoms with Crippen molar-refractivity contribution in [3.05, 3.63) is 47.5 Å². The Kier molecular flexibility index (Phi) is 2.71. The highest BCUT2D eigenvalue weighted by atomic mass is 16.1. The molecule has 1 amide bonds. The van der Waals surface area contributed by atoms with Crippen LogP contribution in [0.5, 0.6) is 0 Å². The summed E-state index contributed by atoms with van der Waals surface area (Å²) in [6.45, 7) is 0. The summed E-state index contributed by atoms with van der Waals surface area (Å²) < 4.78 is 0. The van der Waals surface area contributed by atoms with Crippen LogP contribution in [0.1, 0.15) is 24.0 Å². The van der Waals surface area contributed by atoms with Gasteiger partial charge in [-0.1, -0.05) is 36.4 Å². The Bertz CT molecular complexity index is 439. The molecule has 88 valence electrons. The second kappa shape index (κ2) is 4.36. The van der Waals surface area contributed by atoms with Gasteiger partial charge in [-0.2, -0.15) is 0 Å². The van der Waals surface area contributed by atoms with E-state index in [4.69, 9.17) is 0 Å². The maximum atomic E-state index is 12.0. The zero-order valence-electron chi connectivity index (χ0n) is 9.86. The van der Waals surface area contributed by atoms with Crippen molar-refractivity contribution in [3.63, 3.8) is 0 Å². The fraction of sp³-hybridized carbons (Fsp3) is 0.400. The van der Waals surface area contributed by atoms with Crippen molar-refractivity contribution >= 4 is 5.91 Å². The molecule has 1 aromatic carbocycles. The van der Waals surface area contributed by atoms with Crippen molar-refractivity contribution in [3.8, 4) is 0 Å². The van der Waals surface area contributed by atoms with E-state index in [9.17, 15) is 4.79 Å². The van der Waals surface area contributed by atoms with Crippen molar-refractivity contribution in [2.45, 2.75) is 31.7 Å². The lowest BCUT2D eigenvalue weighted by Crippen LogP contribution is -2.38. The molecule has 3 rings (SSSR count). The average molecular weight is 227 g/mol. The molecule has 0 spiro atoms. The number of allylic oxidation sites excluding steroid dienone is 1. The second-order valence-electron chi connectivity index (χ2n) is 4.99. The lowest BCUT2D eigenvalue weighted by atomic mass is 10.1. The van der Waals surface area contributed by atoms with Gasteiger partial charge in [0, 0.05) is 6.04 Å². The van der Waals surface area contributed by atoms with Gasteiger partial charge >= 0.3 is 0 Å². The fourth-order valence-electron chi connectivity index (χ4n) is 2.82. The van der Waals surface area contributed by atoms with E-state index in [2.05, 4.69) is 35.7 Å². The molecule has 1 unspecified atom stereocenters. The summed E-state index contributed by atoms with van der Waals surface area (Å²) in [5.41, 5.74) is 2.78. The molecule has 2 nitrogen and oxygen atoms in total. The zero-order chi connectivity index (χ0) is 11.7. The molecule has 0 aliphatic heterocycles. The Morgan fingerprint density at radius 1 is 1.18 bits per heavy atom. The molecule has 0 radical (unpaired) electrons. The van der Waals surface area contributed by atoms with E-state index < -0.39 is 0 Å². The molecule has 1 N–H and O–H groups in total. The highest BCUT2D eigenvalue weighted by Crippen LogP contribution is 2.23. The first kappa shape index (κ1) is 10.6. The molecule has 0 heterocycles. The summed E-state index contributed by atoms with van der Waals surface area (Å²) in [5, 5.41) is 3.18. The summed E-state index contributed by atoms with van der Waals surface area (Å²) in [4.78, 5) is 12.0. The Labute approximate surface area is 102 Å². The van der Waals surface area contributed by atoms with Gasteiger partial charge in [-0.15, -0.1) is 0 Å². The number of benzene rings is 1. The minimum absolute atomic E-state index is 0.110. The van der Waals surface area contributed by atoms with Crippen LogP contribution in [-0.2, 0) is 17.6 Å². The molecule has 17 heavy (non-hydrogen) atoms. The van der Waals surface area contributed by atoms with Crippen molar-refractivity contribution in [1.29, 1.82) is 0 Å². The van der Waals surface area contributed by atoms with Crippen LogP contribution in [0.4, 0.5) is 0 Å². The lowest BCUT2D eigenvalue weighted by Gasteiger charge is -2.14. The number of amides is 1. The smallest absolute Gasteiger partial charge is 0.227 e. The standard InChI is InChI=1S/C15H17NO/c17-15(11-5-1-2-6-11)16-14-9-12-7-3-4-8-13(12)10-14/h1,3-5,7-8,11,14H,2,6,9-10H2,(H,16,17). The number of rotatable bonds is 2. The average Bonchev–Trinajstić information content (AvgIpc) is 2.97. The molecule has 2 aliphatic rings. The Morgan fingerprint density at radius 3 is 2.47 bits per heavy atom. The van der Waals surface area contributed by atoms with Gasteiger partial charge in [-0.3, -0.25) is 4.79 Å². The van der Waals surface area contributed by atoms with E-state index in [1.807, 2.05) is 6.08 Å². The number of nitrogens with one attached hydrogen (secondary N) is 1. The van der Waals surface area contributed by atoms with Gasteiger partial charge in [0.1, 0.15) is 0 Å². The Morgan fingerprint density at radius 2 is 1.88 bits per heavy atom. The van der Waals surface area contributed by atoms with Gasteiger partial charge < -0.3 is 5.32 Å². The second-order valence-corrected chi connectivity index (χ2v) is 4.99. The first-order valence-electron chi connectivity index (χ1n) is 6.37. The molecule has 2 heteroatoms. The number of hydrogen-bond donors (Lipinski definition) is 1. The summed E-state index contributed by atoms with van der Waals surface area (Å²) in [5.74, 6) is 0.315. The van der Waals surface area contributed by atoms with Gasteiger partial charge in [-0.05, 0) is 36.8 Å². The third kappa shape index (κ3) is 2.12. The number of carbonyl (C=O) groups excluding carboxylic acids is 1. The van der Waals surface area contributed by atoms with E-state index in [0.717, 1.165) is 25.7 Å². The molecule has 1 aromatic rings. The Balaban J connectivity index is 1.62. The summed E-state index contributed by atoms with van der Waals surface area (Å²) in [7, 11) is 0. The number of hydrogen-bond acceptors (Lipinski definition) is 1. The summed E-state index contributed by atoms with van der Waals surface area (Å²) in [6, 6.07) is 8.77. The van der Waals surface area contributed by atoms with E-state index in [1.165, 1.54) is 11.1 Å². The topological polar surface area (TPSA) is 29.1 Å². The van der Waals surface area contributed by atoms with Crippen LogP contribution in [0.15, 0.2) is 36.4 Å². The van der Waals surface area contributed by atoms with Crippen LogP contribution in [0.25, 0.3) is 0 Å². The monoisotopic (exact) mass is 227 g/mol. The van der Waals surface area contributed by atoms with Gasteiger partial charge in [0.15, 0.2) is 0 Å². The van der Waals surface area contributed by atoms with Crippen LogP contribution in [0.3, 0.4) is 0 Å². The van der Waals surface area contributed by atoms with Crippen LogP contribution in [-0.4, -0.2) is 11.9 Å². The largest absolute Gasteiger partial charge is 0.352 e. The van der Waals surface area contributed by atoms with Crippen LogP contribution in [0, 0.1) is 5.92 Å². The first-order chi connectivity index (χ1) is 8.33. The molecule has 0 aromatic heterocycles. The molecule has 0 saturated carbocycles. The third-order valence-electron chi connectivity index (χ3n) is 3.75. The molecule has 1 atom stereocenters. The van der Waals surface area contributed by atoms with E-state index in [1.54, 1.807) is 0 Å². The van der Waals surface area contributed by atoms with Gasteiger partial charge in [0.05, 0.1) is 5.92 Å². The lowest BCUT2D eigenvalue weighted by molar-refractivity contribution is -0.124. The molecule has 0 fully saturated rings. The number of carbonyl (C=O) groups is 1. The molecule has 0 bridgehead atoms. The van der Waals surface area contributed by atoms with Gasteiger partial charge in [0.25, 0.3) is 0 Å². The maximum Gasteiger partial charge on any atom is 0.227 e. The molecule has 2 aliphatic carbocycles. The van der Waals surface area contributed by atoms with Crippen molar-refractivity contribution in [1.82, 2.24) is 5.32 Å². The van der Waals surface area contributed by atoms with Crippen molar-refractivity contribution in [2.24, 2.45) is 5.92 Å². The summed E-state index contributed by atoms with van der Waals surface area (Å²) in [6.07, 6.45) is 8.14. The number of fused-ring (bicyclic) bond motifs is 1. The fourth-order valence-corrected chi connectivity index (χ4v) is 2.82. The molecule has 0 saturated heterocycles. The quantitative estimate of drug-likeness (QED) is 0.771. The predicted molar refractivity (Wildman–Crippen MR) is 67.6 cm³/mol. The summed E-state index contributed by atoms with van der Waals surface area (Å²) >= 11 is 0. The van der Waals surface area contributed by atoms with Crippen LogP contribution in [0.2, 0.25) is 0 Å². The van der Waals surface area contributed by atoms with Crippen LogP contribution < -0.4 is 5.32 Å². The first-order valence-corrected chi connectivity index (χ1v) is 6.37. The van der Waals surface area contributed by atoms with Crippen molar-refractivity contribution in [2.75, 3.05) is 0 Å². The van der Waals surface area contributed by atoms with Crippen LogP contribution >= 0.6 is 0 Å². The van der Waals surface area contributed by atoms with E-state index in [0.29, 0.717) is 6.04 Å². The SMILES string of the molecule is O=C(NC1Cc2ccccc2C1)C1C=CCC1. The predicted octanol–water partition coefficient (Wildman–Crippen LogP) is 2.24. The van der Waals surface area contributed by atoms with Crippen molar-refractivity contribution < 1.29 is 4.79 Å². The minimum atomic E-state index is 0.110. The highest BCUT2D eigenvalue weighted by Gasteiger charge is 2.25. The normalized spacial score (nSPS) is 22.7. The van der Waals surface area contributed by atoms with Gasteiger partial charge in [-0.25, -0.2) is 0 Å². The highest BCUT2D eigenvalue weighted by molar-refractivity contribution is 5.81. The third-order valence-corrected chi connectivity index (χ3v) is 3.75. The van der Waals surface area contributed by atoms with E-state index >= 15 is 0 Å². The minimum Gasteiger partial charge on any atom is -0.352 e. The van der Waals surface area contributed by atoms with Gasteiger partial charge in [0.2, 0.25) is 5.91 Å². The maximum absolute atomic E-state index is 12.0. The van der Waals surface area contributed by atoms with E-state index in [-0.39, 0.29) is 11.8 Å². The Hall–Kier alpha value is -1.57.